The molecule has 2 fully saturated rings. The summed E-state index contributed by atoms with van der Waals surface area (Å²) in [5.41, 5.74) is 5.59. The number of para-hydroxylation sites is 1. The van der Waals surface area contributed by atoms with Crippen molar-refractivity contribution in [1.82, 2.24) is 19.4 Å². The van der Waals surface area contributed by atoms with E-state index in [-0.39, 0.29) is 5.91 Å². The van der Waals surface area contributed by atoms with E-state index in [1.807, 2.05) is 37.4 Å². The number of aromatic nitrogens is 3. The van der Waals surface area contributed by atoms with Crippen LogP contribution in [0.2, 0.25) is 0 Å². The summed E-state index contributed by atoms with van der Waals surface area (Å²) < 4.78 is 7.85. The first-order valence-corrected chi connectivity index (χ1v) is 12.6. The van der Waals surface area contributed by atoms with E-state index in [9.17, 15) is 4.79 Å². The molecule has 0 unspecified atom stereocenters. The minimum absolute atomic E-state index is 0.268. The highest BCUT2D eigenvalue weighted by atomic mass is 16.5. The minimum Gasteiger partial charge on any atom is -0.494 e. The molecule has 4 aromatic rings. The lowest BCUT2D eigenvalue weighted by Gasteiger charge is -2.60. The highest BCUT2D eigenvalue weighted by Gasteiger charge is 2.50. The third kappa shape index (κ3) is 4.14. The quantitative estimate of drug-likeness (QED) is 0.360. The van der Waals surface area contributed by atoms with E-state index in [4.69, 9.17) is 9.72 Å². The average molecular weight is 510 g/mol. The van der Waals surface area contributed by atoms with Crippen molar-refractivity contribution in [1.29, 1.82) is 0 Å². The summed E-state index contributed by atoms with van der Waals surface area (Å²) in [4.78, 5) is 26.2. The molecule has 6 rings (SSSR count). The Morgan fingerprint density at radius 1 is 1.11 bits per heavy atom. The smallest absolute Gasteiger partial charge is 0.247 e. The number of rotatable bonds is 7. The number of likely N-dealkylation sites (tertiary alicyclic amines) is 1. The van der Waals surface area contributed by atoms with E-state index < -0.39 is 0 Å². The van der Waals surface area contributed by atoms with Crippen LogP contribution >= 0.6 is 0 Å². The van der Waals surface area contributed by atoms with Gasteiger partial charge in [-0.1, -0.05) is 24.8 Å². The Balaban J connectivity index is 1.33. The van der Waals surface area contributed by atoms with Crippen molar-refractivity contribution in [2.45, 2.75) is 0 Å². The van der Waals surface area contributed by atoms with Gasteiger partial charge in [-0.25, -0.2) is 9.97 Å². The molecule has 2 saturated heterocycles. The third-order valence-electron chi connectivity index (χ3n) is 7.44. The highest BCUT2D eigenvalue weighted by molar-refractivity contribution is 6.02. The Morgan fingerprint density at radius 3 is 2.63 bits per heavy atom. The molecule has 0 radical (unpaired) electrons. The molecule has 2 aromatic carbocycles. The lowest BCUT2D eigenvalue weighted by atomic mass is 9.73. The second-order valence-electron chi connectivity index (χ2n) is 10.4. The number of aryl methyl sites for hydroxylation is 1. The van der Waals surface area contributed by atoms with Crippen LogP contribution in [-0.4, -0.2) is 65.7 Å². The molecule has 9 heteroatoms. The number of methoxy groups -OCH3 is 1. The van der Waals surface area contributed by atoms with Gasteiger partial charge in [0, 0.05) is 73.6 Å². The molecule has 9 nitrogen and oxygen atoms in total. The number of amides is 1. The number of nitrogens with zero attached hydrogens (tertiary/aromatic N) is 5. The predicted octanol–water partition coefficient (Wildman–Crippen LogP) is 4.26. The van der Waals surface area contributed by atoms with Crippen molar-refractivity contribution in [3.05, 3.63) is 67.5 Å². The average Bonchev–Trinajstić information content (AvgIpc) is 3.22. The summed E-state index contributed by atoms with van der Waals surface area (Å²) in [7, 11) is 5.81. The Bertz CT molecular complexity index is 1550. The molecular weight excluding hydrogens is 478 g/mol. The summed E-state index contributed by atoms with van der Waals surface area (Å²) in [6.07, 6.45) is 5.09. The van der Waals surface area contributed by atoms with Gasteiger partial charge in [0.15, 0.2) is 0 Å². The number of carbonyl (C=O) groups is 1. The van der Waals surface area contributed by atoms with E-state index in [0.717, 1.165) is 54.0 Å². The minimum atomic E-state index is -0.268. The van der Waals surface area contributed by atoms with E-state index in [1.54, 1.807) is 13.3 Å². The van der Waals surface area contributed by atoms with Crippen molar-refractivity contribution in [2.24, 2.45) is 12.5 Å². The van der Waals surface area contributed by atoms with E-state index in [0.29, 0.717) is 28.5 Å². The van der Waals surface area contributed by atoms with Gasteiger partial charge < -0.3 is 29.7 Å². The van der Waals surface area contributed by atoms with Crippen molar-refractivity contribution >= 4 is 39.8 Å². The molecule has 2 N–H and O–H groups in total. The second kappa shape index (κ2) is 9.18. The van der Waals surface area contributed by atoms with Gasteiger partial charge in [-0.3, -0.25) is 4.79 Å². The molecule has 1 spiro atoms. The van der Waals surface area contributed by atoms with Crippen molar-refractivity contribution < 1.29 is 9.53 Å². The Morgan fingerprint density at radius 2 is 1.89 bits per heavy atom. The molecular formula is C29H31N7O2. The third-order valence-corrected chi connectivity index (χ3v) is 7.44. The maximum absolute atomic E-state index is 12.3. The zero-order valence-corrected chi connectivity index (χ0v) is 21.9. The fraction of sp³-hybridized carbons (Fsp3) is 0.276. The molecule has 2 aliphatic heterocycles. The van der Waals surface area contributed by atoms with Crippen LogP contribution in [0.25, 0.3) is 22.2 Å². The summed E-state index contributed by atoms with van der Waals surface area (Å²) in [6, 6.07) is 14.0. The first-order chi connectivity index (χ1) is 18.4. The monoisotopic (exact) mass is 509 g/mol. The standard InChI is InChI=1S/C29H31N7O2/c1-5-27(37)31-22-12-23(26(38-4)13-25(22)36-17-29(18-36)15-34(2)16-29)33-28-30-11-10-21(32-28)20-14-35(3)24-9-7-6-8-19(20)24/h5-14H,1,15-18H2,2-4H3,(H,31,37)(H,30,32,33). The van der Waals surface area contributed by atoms with E-state index in [2.05, 4.69) is 61.9 Å². The van der Waals surface area contributed by atoms with Crippen LogP contribution < -0.4 is 20.3 Å². The Kier molecular flexibility index (Phi) is 5.80. The zero-order chi connectivity index (χ0) is 26.4. The molecule has 0 bridgehead atoms. The molecule has 38 heavy (non-hydrogen) atoms. The van der Waals surface area contributed by atoms with E-state index >= 15 is 0 Å². The molecule has 194 valence electrons. The van der Waals surface area contributed by atoms with Crippen LogP contribution in [0.4, 0.5) is 23.0 Å². The van der Waals surface area contributed by atoms with Crippen molar-refractivity contribution in [3.63, 3.8) is 0 Å². The maximum atomic E-state index is 12.3. The number of ether oxygens (including phenoxy) is 1. The number of benzene rings is 2. The lowest BCUT2D eigenvalue weighted by molar-refractivity contribution is -0.111. The van der Waals surface area contributed by atoms with Crippen LogP contribution in [-0.2, 0) is 11.8 Å². The molecule has 4 heterocycles. The largest absolute Gasteiger partial charge is 0.494 e. The van der Waals surface area contributed by atoms with Gasteiger partial charge >= 0.3 is 0 Å². The van der Waals surface area contributed by atoms with E-state index in [1.165, 1.54) is 6.08 Å². The normalized spacial score (nSPS) is 16.1. The number of hydrogen-bond donors (Lipinski definition) is 2. The summed E-state index contributed by atoms with van der Waals surface area (Å²) in [5, 5.41) is 7.41. The first-order valence-electron chi connectivity index (χ1n) is 12.6. The fourth-order valence-corrected chi connectivity index (χ4v) is 5.85. The molecule has 2 aromatic heterocycles. The van der Waals surface area contributed by atoms with Crippen molar-refractivity contribution in [2.75, 3.05) is 55.9 Å². The zero-order valence-electron chi connectivity index (χ0n) is 21.9. The van der Waals surface area contributed by atoms with Crippen LogP contribution in [0.15, 0.2) is 67.5 Å². The molecule has 1 amide bonds. The lowest BCUT2D eigenvalue weighted by Crippen LogP contribution is -2.71. The van der Waals surface area contributed by atoms with Gasteiger partial charge in [0.2, 0.25) is 11.9 Å². The highest BCUT2D eigenvalue weighted by Crippen LogP contribution is 2.46. The summed E-state index contributed by atoms with van der Waals surface area (Å²) >= 11 is 0. The Labute approximate surface area is 221 Å². The number of carbonyl (C=O) groups excluding carboxylic acids is 1. The van der Waals surface area contributed by atoms with Gasteiger partial charge in [-0.15, -0.1) is 0 Å². The topological polar surface area (TPSA) is 87.5 Å². The maximum Gasteiger partial charge on any atom is 0.247 e. The second-order valence-corrected chi connectivity index (χ2v) is 10.4. The van der Waals surface area contributed by atoms with Gasteiger partial charge in [0.25, 0.3) is 0 Å². The summed E-state index contributed by atoms with van der Waals surface area (Å²) in [5.74, 6) is 0.806. The fourth-order valence-electron chi connectivity index (χ4n) is 5.85. The molecule has 2 aliphatic rings. The van der Waals surface area contributed by atoms with Gasteiger partial charge in [0.1, 0.15) is 5.75 Å². The first kappa shape index (κ1) is 24.0. The van der Waals surface area contributed by atoms with Crippen LogP contribution in [0.5, 0.6) is 5.75 Å². The predicted molar refractivity (Wildman–Crippen MR) is 151 cm³/mol. The molecule has 0 saturated carbocycles. The summed E-state index contributed by atoms with van der Waals surface area (Å²) in [6.45, 7) is 7.69. The van der Waals surface area contributed by atoms with Gasteiger partial charge in [0.05, 0.1) is 29.9 Å². The SMILES string of the molecule is C=CC(=O)Nc1cc(Nc2nccc(-c3cn(C)c4ccccc34)n2)c(OC)cc1N1CC2(CN(C)C2)C1. The van der Waals surface area contributed by atoms with Crippen LogP contribution in [0, 0.1) is 5.41 Å². The number of hydrogen-bond acceptors (Lipinski definition) is 7. The van der Waals surface area contributed by atoms with Gasteiger partial charge in [-0.05, 0) is 31.3 Å². The number of nitrogens with one attached hydrogen (secondary N) is 2. The van der Waals surface area contributed by atoms with Crippen LogP contribution in [0.1, 0.15) is 0 Å². The number of fused-ring (bicyclic) bond motifs is 1. The van der Waals surface area contributed by atoms with Gasteiger partial charge in [-0.2, -0.15) is 0 Å². The van der Waals surface area contributed by atoms with Crippen LogP contribution in [0.3, 0.4) is 0 Å². The molecule has 0 aliphatic carbocycles. The Hall–Kier alpha value is -4.37. The van der Waals surface area contributed by atoms with Crippen molar-refractivity contribution in [3.8, 4) is 17.0 Å². The number of anilines is 4. The molecule has 0 atom stereocenters.